The lowest BCUT2D eigenvalue weighted by Gasteiger charge is -2.33. The van der Waals surface area contributed by atoms with E-state index in [-0.39, 0.29) is 16.3 Å². The molecule has 0 saturated carbocycles. The highest BCUT2D eigenvalue weighted by molar-refractivity contribution is 6.38. The summed E-state index contributed by atoms with van der Waals surface area (Å²) in [4.78, 5) is 42.4. The average Bonchev–Trinajstić information content (AvgIpc) is 3.32. The Bertz CT molecular complexity index is 1440. The summed E-state index contributed by atoms with van der Waals surface area (Å²) >= 11 is 12.4. The predicted octanol–water partition coefficient (Wildman–Crippen LogP) is 4.89. The number of ketones is 1. The van der Waals surface area contributed by atoms with Crippen LogP contribution in [0.3, 0.4) is 0 Å². The SMILES string of the molecule is O=C(c1ccc(F)cc1)[C@H]1[C@H]2C(=O)N(c3ccc(Cl)cc3Cl)C(=O)[C@H]2[C@H]2c3ccccc3C=NN21. The van der Waals surface area contributed by atoms with Gasteiger partial charge in [0, 0.05) is 10.6 Å². The molecule has 0 N–H and O–H groups in total. The van der Waals surface area contributed by atoms with Crippen molar-refractivity contribution in [2.75, 3.05) is 4.90 Å². The molecular formula is C26H16Cl2FN3O3. The van der Waals surface area contributed by atoms with Gasteiger partial charge in [-0.05, 0) is 53.6 Å². The van der Waals surface area contributed by atoms with Gasteiger partial charge in [-0.3, -0.25) is 19.4 Å². The molecule has 3 aromatic carbocycles. The summed E-state index contributed by atoms with van der Waals surface area (Å²) in [5, 5.41) is 6.58. The maximum atomic E-state index is 13.8. The van der Waals surface area contributed by atoms with E-state index < -0.39 is 47.3 Å². The van der Waals surface area contributed by atoms with E-state index in [1.807, 2.05) is 24.3 Å². The number of carbonyl (C=O) groups excluding carboxylic acids is 3. The van der Waals surface area contributed by atoms with Gasteiger partial charge in [0.1, 0.15) is 11.9 Å². The standard InChI is InChI=1S/C26H16Cl2FN3O3/c27-15-7-10-19(18(28)11-15)31-25(34)20-21(26(31)35)23(24(33)13-5-8-16(29)9-6-13)32-22(20)17-4-2-1-3-14(17)12-30-32/h1-12,20-23H/t20-,21+,22-,23-/m1/s1. The van der Waals surface area contributed by atoms with Crippen LogP contribution in [0.15, 0.2) is 71.8 Å². The molecule has 0 radical (unpaired) electrons. The van der Waals surface area contributed by atoms with Crippen molar-refractivity contribution in [3.05, 3.63) is 99.3 Å². The molecule has 0 aromatic heterocycles. The molecule has 2 fully saturated rings. The Hall–Kier alpha value is -3.55. The van der Waals surface area contributed by atoms with Gasteiger partial charge in [0.25, 0.3) is 0 Å². The van der Waals surface area contributed by atoms with Gasteiger partial charge >= 0.3 is 0 Å². The summed E-state index contributed by atoms with van der Waals surface area (Å²) in [7, 11) is 0. The monoisotopic (exact) mass is 507 g/mol. The number of hydrogen-bond acceptors (Lipinski definition) is 5. The van der Waals surface area contributed by atoms with Crippen molar-refractivity contribution in [2.24, 2.45) is 16.9 Å². The number of hydrogen-bond donors (Lipinski definition) is 0. The Morgan fingerprint density at radius 2 is 1.63 bits per heavy atom. The number of fused-ring (bicyclic) bond motifs is 5. The number of Topliss-reactive ketones (excluding diaryl/α,β-unsaturated/α-hetero) is 1. The molecule has 0 unspecified atom stereocenters. The number of rotatable bonds is 3. The predicted molar refractivity (Wildman–Crippen MR) is 129 cm³/mol. The molecule has 35 heavy (non-hydrogen) atoms. The highest BCUT2D eigenvalue weighted by Gasteiger charge is 2.65. The highest BCUT2D eigenvalue weighted by Crippen LogP contribution is 2.53. The molecule has 2 saturated heterocycles. The van der Waals surface area contributed by atoms with Gasteiger partial charge in [-0.1, -0.05) is 47.5 Å². The first-order valence-electron chi connectivity index (χ1n) is 10.9. The van der Waals surface area contributed by atoms with Crippen LogP contribution < -0.4 is 4.90 Å². The van der Waals surface area contributed by atoms with Crippen LogP contribution >= 0.6 is 23.2 Å². The van der Waals surface area contributed by atoms with Crippen LogP contribution in [0, 0.1) is 17.7 Å². The number of amides is 2. The molecule has 3 aromatic rings. The van der Waals surface area contributed by atoms with E-state index in [2.05, 4.69) is 5.10 Å². The van der Waals surface area contributed by atoms with Gasteiger partial charge in [-0.15, -0.1) is 0 Å². The number of nitrogens with zero attached hydrogens (tertiary/aromatic N) is 3. The maximum absolute atomic E-state index is 13.8. The number of anilines is 1. The lowest BCUT2D eigenvalue weighted by Crippen LogP contribution is -2.44. The van der Waals surface area contributed by atoms with Gasteiger partial charge in [-0.2, -0.15) is 5.10 Å². The maximum Gasteiger partial charge on any atom is 0.240 e. The summed E-state index contributed by atoms with van der Waals surface area (Å²) in [6, 6.07) is 15.4. The minimum absolute atomic E-state index is 0.152. The van der Waals surface area contributed by atoms with Crippen molar-refractivity contribution in [1.29, 1.82) is 0 Å². The fourth-order valence-electron chi connectivity index (χ4n) is 5.35. The molecule has 9 heteroatoms. The first-order valence-corrected chi connectivity index (χ1v) is 11.7. The lowest BCUT2D eigenvalue weighted by molar-refractivity contribution is -0.124. The zero-order valence-corrected chi connectivity index (χ0v) is 19.4. The molecule has 2 amide bonds. The third-order valence-corrected chi connectivity index (χ3v) is 7.38. The summed E-state index contributed by atoms with van der Waals surface area (Å²) in [5.74, 6) is -3.75. The molecule has 6 nitrogen and oxygen atoms in total. The van der Waals surface area contributed by atoms with E-state index in [4.69, 9.17) is 23.2 Å². The zero-order valence-electron chi connectivity index (χ0n) is 17.9. The number of carbonyl (C=O) groups is 3. The second-order valence-corrected chi connectivity index (χ2v) is 9.52. The van der Waals surface area contributed by atoms with Crippen LogP contribution in [-0.2, 0) is 9.59 Å². The van der Waals surface area contributed by atoms with Crippen LogP contribution in [0.4, 0.5) is 10.1 Å². The summed E-state index contributed by atoms with van der Waals surface area (Å²) < 4.78 is 13.5. The first kappa shape index (κ1) is 21.9. The summed E-state index contributed by atoms with van der Waals surface area (Å²) in [5.41, 5.74) is 2.06. The minimum atomic E-state index is -1.05. The molecule has 3 heterocycles. The van der Waals surface area contributed by atoms with E-state index in [9.17, 15) is 18.8 Å². The largest absolute Gasteiger partial charge is 0.292 e. The number of hydrazone groups is 1. The fourth-order valence-corrected chi connectivity index (χ4v) is 5.85. The Morgan fingerprint density at radius 1 is 0.914 bits per heavy atom. The quantitative estimate of drug-likeness (QED) is 0.373. The first-order chi connectivity index (χ1) is 16.9. The van der Waals surface area contributed by atoms with Crippen LogP contribution in [0.5, 0.6) is 0 Å². The van der Waals surface area contributed by atoms with Crippen molar-refractivity contribution in [3.8, 4) is 0 Å². The molecule has 0 spiro atoms. The molecule has 0 bridgehead atoms. The molecule has 3 aliphatic rings. The lowest BCUT2D eigenvalue weighted by atomic mass is 9.83. The molecule has 3 aliphatic heterocycles. The second kappa shape index (κ2) is 8.00. The van der Waals surface area contributed by atoms with Crippen molar-refractivity contribution in [2.45, 2.75) is 12.1 Å². The zero-order chi connectivity index (χ0) is 24.4. The van der Waals surface area contributed by atoms with Crippen LogP contribution in [0.25, 0.3) is 0 Å². The van der Waals surface area contributed by atoms with Gasteiger partial charge in [0.15, 0.2) is 5.78 Å². The topological polar surface area (TPSA) is 70.0 Å². The Labute approximate surface area is 209 Å². The van der Waals surface area contributed by atoms with E-state index in [1.54, 1.807) is 17.3 Å². The highest BCUT2D eigenvalue weighted by atomic mass is 35.5. The molecule has 6 rings (SSSR count). The Kier molecular flexibility index (Phi) is 5.02. The molecule has 4 atom stereocenters. The average molecular weight is 508 g/mol. The van der Waals surface area contributed by atoms with Crippen LogP contribution in [0.1, 0.15) is 27.5 Å². The molecular weight excluding hydrogens is 492 g/mol. The van der Waals surface area contributed by atoms with E-state index >= 15 is 0 Å². The Morgan fingerprint density at radius 3 is 2.37 bits per heavy atom. The van der Waals surface area contributed by atoms with Crippen molar-refractivity contribution in [3.63, 3.8) is 0 Å². The van der Waals surface area contributed by atoms with Crippen molar-refractivity contribution in [1.82, 2.24) is 5.01 Å². The summed E-state index contributed by atoms with van der Waals surface area (Å²) in [6.07, 6.45) is 1.63. The van der Waals surface area contributed by atoms with Gasteiger partial charge < -0.3 is 0 Å². The Balaban J connectivity index is 1.50. The van der Waals surface area contributed by atoms with E-state index in [0.717, 1.165) is 16.0 Å². The third kappa shape index (κ3) is 3.22. The number of benzene rings is 3. The minimum Gasteiger partial charge on any atom is -0.292 e. The van der Waals surface area contributed by atoms with Crippen molar-refractivity contribution >= 4 is 52.7 Å². The van der Waals surface area contributed by atoms with E-state index in [0.29, 0.717) is 5.02 Å². The van der Waals surface area contributed by atoms with Gasteiger partial charge in [-0.25, -0.2) is 9.29 Å². The van der Waals surface area contributed by atoms with Gasteiger partial charge in [0.05, 0.1) is 34.8 Å². The molecule has 174 valence electrons. The smallest absolute Gasteiger partial charge is 0.240 e. The summed E-state index contributed by atoms with van der Waals surface area (Å²) in [6.45, 7) is 0. The van der Waals surface area contributed by atoms with Crippen LogP contribution in [-0.4, -0.2) is 34.9 Å². The van der Waals surface area contributed by atoms with Crippen LogP contribution in [0.2, 0.25) is 10.0 Å². The number of halogens is 3. The van der Waals surface area contributed by atoms with Crippen molar-refractivity contribution < 1.29 is 18.8 Å². The second-order valence-electron chi connectivity index (χ2n) is 8.67. The van der Waals surface area contributed by atoms with Gasteiger partial charge in [0.2, 0.25) is 11.8 Å². The van der Waals surface area contributed by atoms with E-state index in [1.165, 1.54) is 36.4 Å². The third-order valence-electron chi connectivity index (χ3n) is 6.84. The normalized spacial score (nSPS) is 24.4. The number of imide groups is 1. The fraction of sp³-hybridized carbons (Fsp3) is 0.154. The molecule has 0 aliphatic carbocycles.